The fraction of sp³-hybridized carbons (Fsp3) is 0.200. The van der Waals surface area contributed by atoms with Gasteiger partial charge >= 0.3 is 11.9 Å². The SMILES string of the molecule is COc1c(F)cc(C(N)C(=O)O)cc1C(=O)O. The molecule has 6 nitrogen and oxygen atoms in total. The van der Waals surface area contributed by atoms with Crippen LogP contribution in [-0.2, 0) is 4.79 Å². The molecular weight excluding hydrogens is 233 g/mol. The number of nitrogens with two attached hydrogens (primary N) is 1. The summed E-state index contributed by atoms with van der Waals surface area (Å²) in [6.07, 6.45) is 0. The Morgan fingerprint density at radius 1 is 1.41 bits per heavy atom. The first kappa shape index (κ1) is 12.9. The summed E-state index contributed by atoms with van der Waals surface area (Å²) in [5.74, 6) is -4.25. The van der Waals surface area contributed by atoms with Crippen LogP contribution in [0.5, 0.6) is 5.75 Å². The number of carboxylic acid groups (broad SMARTS) is 2. The van der Waals surface area contributed by atoms with Gasteiger partial charge in [0.05, 0.1) is 7.11 Å². The molecule has 0 amide bonds. The number of aliphatic carboxylic acids is 1. The van der Waals surface area contributed by atoms with Gasteiger partial charge in [-0.15, -0.1) is 0 Å². The lowest BCUT2D eigenvalue weighted by atomic mass is 10.0. The highest BCUT2D eigenvalue weighted by molar-refractivity contribution is 5.91. The molecule has 0 spiro atoms. The van der Waals surface area contributed by atoms with E-state index < -0.39 is 35.1 Å². The average Bonchev–Trinajstić information content (AvgIpc) is 2.26. The van der Waals surface area contributed by atoms with Crippen molar-refractivity contribution in [3.8, 4) is 5.75 Å². The second kappa shape index (κ2) is 4.79. The molecule has 0 aliphatic carbocycles. The van der Waals surface area contributed by atoms with Crippen molar-refractivity contribution < 1.29 is 28.9 Å². The quantitative estimate of drug-likeness (QED) is 0.714. The first-order chi connectivity index (χ1) is 7.88. The number of methoxy groups -OCH3 is 1. The standard InChI is InChI=1S/C10H10FNO5/c1-17-8-5(9(13)14)2-4(3-6(8)11)7(12)10(15)16/h2-3,7H,12H2,1H3,(H,13,14)(H,15,16). The normalized spacial score (nSPS) is 11.9. The molecule has 1 unspecified atom stereocenters. The average molecular weight is 243 g/mol. The van der Waals surface area contributed by atoms with Crippen LogP contribution in [0.1, 0.15) is 22.0 Å². The van der Waals surface area contributed by atoms with Gasteiger partial charge in [-0.2, -0.15) is 0 Å². The highest BCUT2D eigenvalue weighted by atomic mass is 19.1. The van der Waals surface area contributed by atoms with Crippen LogP contribution in [0.4, 0.5) is 4.39 Å². The van der Waals surface area contributed by atoms with E-state index in [2.05, 4.69) is 4.74 Å². The van der Waals surface area contributed by atoms with Crippen LogP contribution in [0.2, 0.25) is 0 Å². The summed E-state index contributed by atoms with van der Waals surface area (Å²) < 4.78 is 18.0. The molecule has 0 aliphatic rings. The molecule has 0 fully saturated rings. The van der Waals surface area contributed by atoms with Crippen molar-refractivity contribution in [1.82, 2.24) is 0 Å². The summed E-state index contributed by atoms with van der Waals surface area (Å²) in [6.45, 7) is 0. The maximum absolute atomic E-state index is 13.5. The van der Waals surface area contributed by atoms with Crippen molar-refractivity contribution in [2.24, 2.45) is 5.73 Å². The number of rotatable bonds is 4. The first-order valence-electron chi connectivity index (χ1n) is 4.47. The molecule has 0 aliphatic heterocycles. The molecule has 0 heterocycles. The van der Waals surface area contributed by atoms with E-state index in [0.717, 1.165) is 19.2 Å². The third-order valence-corrected chi connectivity index (χ3v) is 2.13. The van der Waals surface area contributed by atoms with E-state index in [0.29, 0.717) is 0 Å². The molecule has 0 saturated carbocycles. The van der Waals surface area contributed by atoms with Gasteiger partial charge in [-0.25, -0.2) is 9.18 Å². The zero-order valence-electron chi connectivity index (χ0n) is 8.81. The lowest BCUT2D eigenvalue weighted by Crippen LogP contribution is -2.21. The molecule has 0 radical (unpaired) electrons. The van der Waals surface area contributed by atoms with Crippen LogP contribution < -0.4 is 10.5 Å². The molecule has 17 heavy (non-hydrogen) atoms. The van der Waals surface area contributed by atoms with Crippen molar-refractivity contribution in [3.63, 3.8) is 0 Å². The Morgan fingerprint density at radius 2 is 2.00 bits per heavy atom. The van der Waals surface area contributed by atoms with Crippen LogP contribution in [0.25, 0.3) is 0 Å². The fourth-order valence-corrected chi connectivity index (χ4v) is 1.30. The summed E-state index contributed by atoms with van der Waals surface area (Å²) in [7, 11) is 1.11. The Morgan fingerprint density at radius 3 is 2.41 bits per heavy atom. The van der Waals surface area contributed by atoms with E-state index in [4.69, 9.17) is 15.9 Å². The van der Waals surface area contributed by atoms with E-state index in [1.165, 1.54) is 0 Å². The maximum Gasteiger partial charge on any atom is 0.339 e. The number of hydrogen-bond acceptors (Lipinski definition) is 4. The maximum atomic E-state index is 13.5. The molecule has 92 valence electrons. The summed E-state index contributed by atoms with van der Waals surface area (Å²) >= 11 is 0. The van der Waals surface area contributed by atoms with Gasteiger partial charge in [0, 0.05) is 0 Å². The molecule has 1 atom stereocenters. The Bertz CT molecular complexity index is 474. The van der Waals surface area contributed by atoms with Crippen LogP contribution in [0.3, 0.4) is 0 Å². The van der Waals surface area contributed by atoms with Crippen molar-refractivity contribution >= 4 is 11.9 Å². The molecule has 1 rings (SSSR count). The Kier molecular flexibility index (Phi) is 3.64. The monoisotopic (exact) mass is 243 g/mol. The molecule has 4 N–H and O–H groups in total. The van der Waals surface area contributed by atoms with Crippen LogP contribution in [-0.4, -0.2) is 29.3 Å². The minimum Gasteiger partial charge on any atom is -0.493 e. The van der Waals surface area contributed by atoms with E-state index >= 15 is 0 Å². The van der Waals surface area contributed by atoms with Crippen LogP contribution >= 0.6 is 0 Å². The summed E-state index contributed by atoms with van der Waals surface area (Å²) in [5.41, 5.74) is 4.65. The molecular formula is C10H10FNO5. The zero-order chi connectivity index (χ0) is 13.2. The molecule has 0 aromatic heterocycles. The van der Waals surface area contributed by atoms with Gasteiger partial charge in [0.1, 0.15) is 11.6 Å². The van der Waals surface area contributed by atoms with Crippen molar-refractivity contribution in [3.05, 3.63) is 29.1 Å². The Labute approximate surface area is 95.4 Å². The van der Waals surface area contributed by atoms with Gasteiger partial charge in [-0.05, 0) is 17.7 Å². The molecule has 0 bridgehead atoms. The van der Waals surface area contributed by atoms with Crippen molar-refractivity contribution in [2.45, 2.75) is 6.04 Å². The number of carboxylic acids is 2. The second-order valence-electron chi connectivity index (χ2n) is 3.20. The predicted octanol–water partition coefficient (Wildman–Crippen LogP) is 0.617. The van der Waals surface area contributed by atoms with Crippen molar-refractivity contribution in [2.75, 3.05) is 7.11 Å². The number of hydrogen-bond donors (Lipinski definition) is 3. The van der Waals surface area contributed by atoms with Crippen LogP contribution in [0.15, 0.2) is 12.1 Å². The van der Waals surface area contributed by atoms with Crippen LogP contribution in [0, 0.1) is 5.82 Å². The lowest BCUT2D eigenvalue weighted by molar-refractivity contribution is -0.138. The minimum atomic E-state index is -1.49. The predicted molar refractivity (Wildman–Crippen MR) is 54.5 cm³/mol. The molecule has 1 aromatic carbocycles. The summed E-state index contributed by atoms with van der Waals surface area (Å²) in [6, 6.07) is 0.320. The van der Waals surface area contributed by atoms with E-state index in [9.17, 15) is 14.0 Å². The smallest absolute Gasteiger partial charge is 0.339 e. The van der Waals surface area contributed by atoms with Crippen molar-refractivity contribution in [1.29, 1.82) is 0 Å². The largest absolute Gasteiger partial charge is 0.493 e. The molecule has 7 heteroatoms. The minimum absolute atomic E-state index is 0.145. The third kappa shape index (κ3) is 2.51. The molecule has 1 aromatic rings. The highest BCUT2D eigenvalue weighted by Gasteiger charge is 2.22. The van der Waals surface area contributed by atoms with Gasteiger partial charge in [0.15, 0.2) is 11.6 Å². The summed E-state index contributed by atoms with van der Waals surface area (Å²) in [5, 5.41) is 17.5. The van der Waals surface area contributed by atoms with Gasteiger partial charge in [0.2, 0.25) is 0 Å². The summed E-state index contributed by atoms with van der Waals surface area (Å²) in [4.78, 5) is 21.5. The molecule has 0 saturated heterocycles. The van der Waals surface area contributed by atoms with Gasteiger partial charge in [0.25, 0.3) is 0 Å². The van der Waals surface area contributed by atoms with Gasteiger partial charge in [-0.3, -0.25) is 4.79 Å². The topological polar surface area (TPSA) is 110 Å². The van der Waals surface area contributed by atoms with E-state index in [1.54, 1.807) is 0 Å². The number of benzene rings is 1. The lowest BCUT2D eigenvalue weighted by Gasteiger charge is -2.11. The number of ether oxygens (including phenoxy) is 1. The van der Waals surface area contributed by atoms with Gasteiger partial charge < -0.3 is 20.7 Å². The Balaban J connectivity index is 3.39. The highest BCUT2D eigenvalue weighted by Crippen LogP contribution is 2.26. The van der Waals surface area contributed by atoms with Gasteiger partial charge in [-0.1, -0.05) is 0 Å². The number of halogens is 1. The number of carbonyl (C=O) groups is 2. The second-order valence-corrected chi connectivity index (χ2v) is 3.20. The Hall–Kier alpha value is -2.15. The number of aromatic carboxylic acids is 1. The fourth-order valence-electron chi connectivity index (χ4n) is 1.30. The van der Waals surface area contributed by atoms with E-state index in [1.807, 2.05) is 0 Å². The van der Waals surface area contributed by atoms with E-state index in [-0.39, 0.29) is 5.56 Å². The first-order valence-corrected chi connectivity index (χ1v) is 4.47. The zero-order valence-corrected chi connectivity index (χ0v) is 8.81. The third-order valence-electron chi connectivity index (χ3n) is 2.13.